The fourth-order valence-electron chi connectivity index (χ4n) is 4.24. The van der Waals surface area contributed by atoms with E-state index in [1.54, 1.807) is 11.3 Å². The third kappa shape index (κ3) is 3.83. The maximum Gasteiger partial charge on any atom is 0.240 e. The fraction of sp³-hybridized carbons (Fsp3) is 0.632. The third-order valence-electron chi connectivity index (χ3n) is 5.59. The quantitative estimate of drug-likeness (QED) is 0.778. The van der Waals surface area contributed by atoms with E-state index in [1.165, 1.54) is 4.88 Å². The number of amides is 1. The molecule has 6 nitrogen and oxygen atoms in total. The highest BCUT2D eigenvalue weighted by Gasteiger charge is 2.39. The smallest absolute Gasteiger partial charge is 0.240 e. The van der Waals surface area contributed by atoms with Crippen LogP contribution in [-0.4, -0.2) is 51.5 Å². The summed E-state index contributed by atoms with van der Waals surface area (Å²) in [5.74, 6) is 2.37. The summed E-state index contributed by atoms with van der Waals surface area (Å²) in [4.78, 5) is 22.9. The molecule has 2 saturated heterocycles. The SMILES string of the molecule is CCc1noc(CN2CC[C@@H]3[C@@H](CCC(=O)N3CCc3cccs3)C2)n1. The highest BCUT2D eigenvalue weighted by Crippen LogP contribution is 2.32. The van der Waals surface area contributed by atoms with Gasteiger partial charge in [0.25, 0.3) is 0 Å². The van der Waals surface area contributed by atoms with Gasteiger partial charge < -0.3 is 9.42 Å². The Labute approximate surface area is 158 Å². The van der Waals surface area contributed by atoms with Gasteiger partial charge in [-0.05, 0) is 36.6 Å². The van der Waals surface area contributed by atoms with Crippen LogP contribution in [0.15, 0.2) is 22.0 Å². The number of hydrogen-bond donors (Lipinski definition) is 0. The highest BCUT2D eigenvalue weighted by molar-refractivity contribution is 7.09. The fourth-order valence-corrected chi connectivity index (χ4v) is 4.93. The zero-order valence-corrected chi connectivity index (χ0v) is 16.1. The number of hydrogen-bond acceptors (Lipinski definition) is 6. The summed E-state index contributed by atoms with van der Waals surface area (Å²) in [5, 5.41) is 6.09. The summed E-state index contributed by atoms with van der Waals surface area (Å²) < 4.78 is 5.35. The van der Waals surface area contributed by atoms with Gasteiger partial charge in [0.1, 0.15) is 0 Å². The van der Waals surface area contributed by atoms with E-state index >= 15 is 0 Å². The molecule has 0 unspecified atom stereocenters. The van der Waals surface area contributed by atoms with Crippen LogP contribution < -0.4 is 0 Å². The van der Waals surface area contributed by atoms with E-state index in [0.717, 1.165) is 57.7 Å². The maximum atomic E-state index is 12.5. The lowest BCUT2D eigenvalue weighted by Gasteiger charge is -2.47. The van der Waals surface area contributed by atoms with Gasteiger partial charge >= 0.3 is 0 Å². The molecule has 0 radical (unpaired) electrons. The third-order valence-corrected chi connectivity index (χ3v) is 6.53. The minimum absolute atomic E-state index is 0.334. The molecule has 0 aromatic carbocycles. The summed E-state index contributed by atoms with van der Waals surface area (Å²) >= 11 is 1.78. The lowest BCUT2D eigenvalue weighted by Crippen LogP contribution is -2.56. The maximum absolute atomic E-state index is 12.5. The van der Waals surface area contributed by atoms with Crippen LogP contribution in [0.4, 0.5) is 0 Å². The molecule has 2 aliphatic heterocycles. The van der Waals surface area contributed by atoms with Crippen LogP contribution in [0.5, 0.6) is 0 Å². The zero-order valence-electron chi connectivity index (χ0n) is 15.3. The number of aromatic nitrogens is 2. The second-order valence-corrected chi connectivity index (χ2v) is 8.30. The van der Waals surface area contributed by atoms with Gasteiger partial charge in [-0.15, -0.1) is 11.3 Å². The number of aryl methyl sites for hydroxylation is 1. The van der Waals surface area contributed by atoms with Crippen molar-refractivity contribution in [3.63, 3.8) is 0 Å². The van der Waals surface area contributed by atoms with Crippen molar-refractivity contribution in [1.82, 2.24) is 19.9 Å². The lowest BCUT2D eigenvalue weighted by atomic mass is 9.83. The van der Waals surface area contributed by atoms with Crippen LogP contribution >= 0.6 is 11.3 Å². The van der Waals surface area contributed by atoms with Gasteiger partial charge in [0.15, 0.2) is 5.82 Å². The number of rotatable bonds is 6. The molecule has 2 aliphatic rings. The monoisotopic (exact) mass is 374 g/mol. The molecule has 0 N–H and O–H groups in total. The van der Waals surface area contributed by atoms with E-state index < -0.39 is 0 Å². The molecule has 4 rings (SSSR count). The lowest BCUT2D eigenvalue weighted by molar-refractivity contribution is -0.141. The van der Waals surface area contributed by atoms with Crippen molar-refractivity contribution in [3.05, 3.63) is 34.1 Å². The number of nitrogens with zero attached hydrogens (tertiary/aromatic N) is 4. The van der Waals surface area contributed by atoms with Gasteiger partial charge in [-0.3, -0.25) is 9.69 Å². The van der Waals surface area contributed by atoms with Gasteiger partial charge in [0.05, 0.1) is 6.54 Å². The number of carbonyl (C=O) groups is 1. The highest BCUT2D eigenvalue weighted by atomic mass is 32.1. The molecule has 2 fully saturated rings. The first-order valence-electron chi connectivity index (χ1n) is 9.58. The Hall–Kier alpha value is -1.73. The van der Waals surface area contributed by atoms with Crippen LogP contribution in [-0.2, 0) is 24.2 Å². The summed E-state index contributed by atoms with van der Waals surface area (Å²) in [6.07, 6.45) is 4.49. The van der Waals surface area contributed by atoms with Crippen LogP contribution in [0.25, 0.3) is 0 Å². The minimum atomic E-state index is 0.334. The molecule has 2 aromatic heterocycles. The molecule has 4 heterocycles. The average molecular weight is 375 g/mol. The van der Waals surface area contributed by atoms with Crippen LogP contribution in [0, 0.1) is 5.92 Å². The van der Waals surface area contributed by atoms with E-state index in [0.29, 0.717) is 30.2 Å². The molecular formula is C19H26N4O2S. The molecule has 0 aliphatic carbocycles. The standard InChI is InChI=1S/C19H26N4O2S/c1-2-17-20-18(25-21-17)13-22-9-8-16-14(12-22)5-6-19(24)23(16)10-7-15-4-3-11-26-15/h3-4,11,14,16H,2,5-10,12-13H2,1H3/t14-,16+/m0/s1. The topological polar surface area (TPSA) is 62.5 Å². The van der Waals surface area contributed by atoms with E-state index in [2.05, 4.69) is 37.5 Å². The Bertz CT molecular complexity index is 730. The van der Waals surface area contributed by atoms with Crippen molar-refractivity contribution in [3.8, 4) is 0 Å². The normalized spacial score (nSPS) is 24.0. The molecule has 0 saturated carbocycles. The Morgan fingerprint density at radius 1 is 1.38 bits per heavy atom. The minimum Gasteiger partial charge on any atom is -0.339 e. The number of fused-ring (bicyclic) bond motifs is 1. The number of piperidine rings is 2. The average Bonchev–Trinajstić information content (AvgIpc) is 3.32. The molecule has 7 heteroatoms. The van der Waals surface area contributed by atoms with Gasteiger partial charge in [-0.1, -0.05) is 18.1 Å². The van der Waals surface area contributed by atoms with Crippen LogP contribution in [0.2, 0.25) is 0 Å². The first-order chi connectivity index (χ1) is 12.7. The summed E-state index contributed by atoms with van der Waals surface area (Å²) in [7, 11) is 0. The number of carbonyl (C=O) groups excluding carboxylic acids is 1. The number of likely N-dealkylation sites (tertiary alicyclic amines) is 2. The summed E-state index contributed by atoms with van der Waals surface area (Å²) in [6, 6.07) is 4.64. The largest absolute Gasteiger partial charge is 0.339 e. The summed E-state index contributed by atoms with van der Waals surface area (Å²) in [6.45, 7) is 5.60. The first kappa shape index (κ1) is 17.7. The zero-order chi connectivity index (χ0) is 17.9. The second kappa shape index (κ2) is 7.88. The molecule has 0 spiro atoms. The van der Waals surface area contributed by atoms with Gasteiger partial charge in [0, 0.05) is 43.4 Å². The molecule has 2 atom stereocenters. The number of thiophene rings is 1. The Morgan fingerprint density at radius 3 is 3.08 bits per heavy atom. The van der Waals surface area contributed by atoms with Crippen molar-refractivity contribution in [2.75, 3.05) is 19.6 Å². The van der Waals surface area contributed by atoms with E-state index in [4.69, 9.17) is 4.52 Å². The molecule has 26 heavy (non-hydrogen) atoms. The molecule has 2 aromatic rings. The summed E-state index contributed by atoms with van der Waals surface area (Å²) in [5.41, 5.74) is 0. The molecule has 1 amide bonds. The van der Waals surface area contributed by atoms with Crippen molar-refractivity contribution in [1.29, 1.82) is 0 Å². The second-order valence-electron chi connectivity index (χ2n) is 7.26. The van der Waals surface area contributed by atoms with E-state index in [9.17, 15) is 4.79 Å². The molecule has 140 valence electrons. The van der Waals surface area contributed by atoms with E-state index in [1.807, 2.05) is 6.92 Å². The van der Waals surface area contributed by atoms with Gasteiger partial charge in [-0.25, -0.2) is 0 Å². The Morgan fingerprint density at radius 2 is 2.31 bits per heavy atom. The Balaban J connectivity index is 1.36. The van der Waals surface area contributed by atoms with Crippen molar-refractivity contribution in [2.24, 2.45) is 5.92 Å². The van der Waals surface area contributed by atoms with Gasteiger partial charge in [-0.2, -0.15) is 4.98 Å². The first-order valence-corrected chi connectivity index (χ1v) is 10.5. The molecule has 0 bridgehead atoms. The van der Waals surface area contributed by atoms with Crippen molar-refractivity contribution < 1.29 is 9.32 Å². The Kier molecular flexibility index (Phi) is 5.36. The van der Waals surface area contributed by atoms with Crippen LogP contribution in [0.1, 0.15) is 42.8 Å². The predicted octanol–water partition coefficient (Wildman–Crippen LogP) is 2.75. The van der Waals surface area contributed by atoms with Crippen molar-refractivity contribution in [2.45, 2.75) is 51.6 Å². The predicted molar refractivity (Wildman–Crippen MR) is 99.8 cm³/mol. The van der Waals surface area contributed by atoms with E-state index in [-0.39, 0.29) is 0 Å². The molecular weight excluding hydrogens is 348 g/mol. The van der Waals surface area contributed by atoms with Crippen molar-refractivity contribution >= 4 is 17.2 Å². The van der Waals surface area contributed by atoms with Crippen LogP contribution in [0.3, 0.4) is 0 Å². The van der Waals surface area contributed by atoms with Gasteiger partial charge in [0.2, 0.25) is 11.8 Å².